The highest BCUT2D eigenvalue weighted by Gasteiger charge is 2.05. The first-order valence-corrected chi connectivity index (χ1v) is 7.11. The molecule has 1 aromatic carbocycles. The fourth-order valence-electron chi connectivity index (χ4n) is 2.07. The number of benzene rings is 1. The van der Waals surface area contributed by atoms with Gasteiger partial charge in [0.25, 0.3) is 0 Å². The van der Waals surface area contributed by atoms with E-state index in [1.54, 1.807) is 6.08 Å². The quantitative estimate of drug-likeness (QED) is 0.849. The summed E-state index contributed by atoms with van der Waals surface area (Å²) < 4.78 is 5.69. The monoisotopic (exact) mass is 297 g/mol. The van der Waals surface area contributed by atoms with E-state index in [1.807, 2.05) is 57.2 Å². The van der Waals surface area contributed by atoms with Crippen molar-refractivity contribution < 1.29 is 14.6 Å². The molecule has 0 radical (unpaired) electrons. The number of nitrogens with zero attached hydrogens (tertiary/aromatic N) is 1. The zero-order valence-corrected chi connectivity index (χ0v) is 12.9. The summed E-state index contributed by atoms with van der Waals surface area (Å²) in [6.07, 6.45) is 2.78. The lowest BCUT2D eigenvalue weighted by molar-refractivity contribution is -0.131. The van der Waals surface area contributed by atoms with Crippen LogP contribution >= 0.6 is 0 Å². The molecular formula is C18H19NO3. The zero-order valence-electron chi connectivity index (χ0n) is 12.9. The van der Waals surface area contributed by atoms with Crippen LogP contribution in [0.5, 0.6) is 5.75 Å². The molecule has 4 nitrogen and oxygen atoms in total. The van der Waals surface area contributed by atoms with E-state index in [-0.39, 0.29) is 6.10 Å². The predicted octanol–water partition coefficient (Wildman–Crippen LogP) is 3.94. The van der Waals surface area contributed by atoms with Gasteiger partial charge in [-0.15, -0.1) is 0 Å². The first-order chi connectivity index (χ1) is 10.5. The molecule has 0 aliphatic carbocycles. The fourth-order valence-corrected chi connectivity index (χ4v) is 2.07. The first kappa shape index (κ1) is 15.8. The van der Waals surface area contributed by atoms with Crippen molar-refractivity contribution in [1.29, 1.82) is 0 Å². The summed E-state index contributed by atoms with van der Waals surface area (Å²) in [7, 11) is 0. The van der Waals surface area contributed by atoms with E-state index in [1.165, 1.54) is 0 Å². The number of carbonyl (C=O) groups is 1. The highest BCUT2D eigenvalue weighted by molar-refractivity contribution is 5.85. The van der Waals surface area contributed by atoms with Gasteiger partial charge in [-0.05, 0) is 50.6 Å². The van der Waals surface area contributed by atoms with Crippen LogP contribution in [0.1, 0.15) is 25.1 Å². The third-order valence-electron chi connectivity index (χ3n) is 3.03. The summed E-state index contributed by atoms with van der Waals surface area (Å²) in [5.41, 5.74) is 3.38. The van der Waals surface area contributed by atoms with Crippen molar-refractivity contribution in [3.8, 4) is 17.0 Å². The van der Waals surface area contributed by atoms with Crippen LogP contribution in [0, 0.1) is 6.92 Å². The highest BCUT2D eigenvalue weighted by Crippen LogP contribution is 2.24. The highest BCUT2D eigenvalue weighted by atomic mass is 16.5. The Bertz CT molecular complexity index is 705. The molecule has 22 heavy (non-hydrogen) atoms. The predicted molar refractivity (Wildman–Crippen MR) is 86.8 cm³/mol. The van der Waals surface area contributed by atoms with Crippen LogP contribution in [0.4, 0.5) is 0 Å². The van der Waals surface area contributed by atoms with Crippen LogP contribution in [0.2, 0.25) is 0 Å². The third-order valence-corrected chi connectivity index (χ3v) is 3.03. The standard InChI is InChI=1S/C18H19NO3/c1-12(2)22-16-6-4-5-15(11-16)17-9-7-14(13(3)19-17)8-10-18(20)21/h4-12H,1-3H3,(H,20,21)/b10-8+. The lowest BCUT2D eigenvalue weighted by Crippen LogP contribution is -2.05. The molecular weight excluding hydrogens is 278 g/mol. The molecule has 0 saturated heterocycles. The van der Waals surface area contributed by atoms with Crippen molar-refractivity contribution in [2.75, 3.05) is 0 Å². The van der Waals surface area contributed by atoms with Crippen LogP contribution < -0.4 is 4.74 Å². The minimum absolute atomic E-state index is 0.119. The van der Waals surface area contributed by atoms with E-state index >= 15 is 0 Å². The number of carboxylic acids is 1. The summed E-state index contributed by atoms with van der Waals surface area (Å²) in [6, 6.07) is 11.5. The van der Waals surface area contributed by atoms with Crippen molar-refractivity contribution in [1.82, 2.24) is 4.98 Å². The van der Waals surface area contributed by atoms with Crippen molar-refractivity contribution in [2.45, 2.75) is 26.9 Å². The lowest BCUT2D eigenvalue weighted by atomic mass is 10.1. The molecule has 2 aromatic rings. The van der Waals surface area contributed by atoms with Gasteiger partial charge >= 0.3 is 5.97 Å². The molecule has 2 rings (SSSR count). The number of pyridine rings is 1. The molecule has 4 heteroatoms. The maximum atomic E-state index is 10.6. The average molecular weight is 297 g/mol. The number of hydrogen-bond acceptors (Lipinski definition) is 3. The summed E-state index contributed by atoms with van der Waals surface area (Å²) in [4.78, 5) is 15.1. The Morgan fingerprint density at radius 3 is 2.68 bits per heavy atom. The van der Waals surface area contributed by atoms with Crippen LogP contribution in [0.15, 0.2) is 42.5 Å². The van der Waals surface area contributed by atoms with E-state index in [9.17, 15) is 4.79 Å². The second-order valence-electron chi connectivity index (χ2n) is 5.24. The molecule has 0 amide bonds. The molecule has 0 atom stereocenters. The Kier molecular flexibility index (Phi) is 4.94. The molecule has 0 spiro atoms. The summed E-state index contributed by atoms with van der Waals surface area (Å²) in [6.45, 7) is 5.83. The maximum Gasteiger partial charge on any atom is 0.328 e. The minimum Gasteiger partial charge on any atom is -0.491 e. The molecule has 0 bridgehead atoms. The molecule has 0 unspecified atom stereocenters. The van der Waals surface area contributed by atoms with E-state index in [2.05, 4.69) is 4.98 Å². The minimum atomic E-state index is -0.970. The summed E-state index contributed by atoms with van der Waals surface area (Å²) in [5.74, 6) is -0.163. The Hall–Kier alpha value is -2.62. The van der Waals surface area contributed by atoms with E-state index in [0.29, 0.717) is 0 Å². The van der Waals surface area contributed by atoms with E-state index < -0.39 is 5.97 Å². The van der Waals surface area contributed by atoms with Crippen molar-refractivity contribution in [2.24, 2.45) is 0 Å². The molecule has 0 aliphatic rings. The van der Waals surface area contributed by atoms with Gasteiger partial charge in [0.1, 0.15) is 5.75 Å². The van der Waals surface area contributed by atoms with Crippen LogP contribution in [-0.4, -0.2) is 22.2 Å². The number of aryl methyl sites for hydroxylation is 1. The van der Waals surface area contributed by atoms with Crippen LogP contribution in [0.3, 0.4) is 0 Å². The van der Waals surface area contributed by atoms with E-state index in [0.717, 1.165) is 34.3 Å². The van der Waals surface area contributed by atoms with Gasteiger partial charge in [-0.2, -0.15) is 0 Å². The van der Waals surface area contributed by atoms with Crippen LogP contribution in [-0.2, 0) is 4.79 Å². The molecule has 1 aromatic heterocycles. The molecule has 0 aliphatic heterocycles. The van der Waals surface area contributed by atoms with Gasteiger partial charge in [0, 0.05) is 17.3 Å². The largest absolute Gasteiger partial charge is 0.491 e. The second-order valence-corrected chi connectivity index (χ2v) is 5.24. The zero-order chi connectivity index (χ0) is 16.1. The Morgan fingerprint density at radius 1 is 1.27 bits per heavy atom. The summed E-state index contributed by atoms with van der Waals surface area (Å²) >= 11 is 0. The van der Waals surface area contributed by atoms with Crippen molar-refractivity contribution >= 4 is 12.0 Å². The SMILES string of the molecule is Cc1nc(-c2cccc(OC(C)C)c2)ccc1/C=C/C(=O)O. The molecule has 1 heterocycles. The number of aromatic nitrogens is 1. The molecule has 114 valence electrons. The van der Waals surface area contributed by atoms with Gasteiger partial charge in [0.15, 0.2) is 0 Å². The molecule has 0 fully saturated rings. The topological polar surface area (TPSA) is 59.4 Å². The number of carboxylic acid groups (broad SMARTS) is 1. The molecule has 1 N–H and O–H groups in total. The van der Waals surface area contributed by atoms with Gasteiger partial charge < -0.3 is 9.84 Å². The Labute approximate surface area is 130 Å². The fraction of sp³-hybridized carbons (Fsp3) is 0.222. The van der Waals surface area contributed by atoms with E-state index in [4.69, 9.17) is 9.84 Å². The van der Waals surface area contributed by atoms with Gasteiger partial charge in [-0.1, -0.05) is 18.2 Å². The first-order valence-electron chi connectivity index (χ1n) is 7.11. The maximum absolute atomic E-state index is 10.6. The van der Waals surface area contributed by atoms with Gasteiger partial charge in [0.2, 0.25) is 0 Å². The number of rotatable bonds is 5. The van der Waals surface area contributed by atoms with Crippen molar-refractivity contribution in [3.63, 3.8) is 0 Å². The Balaban J connectivity index is 2.30. The molecule has 0 saturated carbocycles. The second kappa shape index (κ2) is 6.89. The third kappa shape index (κ3) is 4.19. The Morgan fingerprint density at radius 2 is 2.05 bits per heavy atom. The normalized spacial score (nSPS) is 11.1. The smallest absolute Gasteiger partial charge is 0.328 e. The average Bonchev–Trinajstić information content (AvgIpc) is 2.45. The lowest BCUT2D eigenvalue weighted by Gasteiger charge is -2.11. The summed E-state index contributed by atoms with van der Waals surface area (Å²) in [5, 5.41) is 8.68. The van der Waals surface area contributed by atoms with Gasteiger partial charge in [-0.3, -0.25) is 4.98 Å². The number of aliphatic carboxylic acids is 1. The number of hydrogen-bond donors (Lipinski definition) is 1. The number of ether oxygens (including phenoxy) is 1. The van der Waals surface area contributed by atoms with Crippen LogP contribution in [0.25, 0.3) is 17.3 Å². The van der Waals surface area contributed by atoms with Gasteiger partial charge in [0.05, 0.1) is 11.8 Å². The van der Waals surface area contributed by atoms with Crippen molar-refractivity contribution in [3.05, 3.63) is 53.7 Å². The van der Waals surface area contributed by atoms with Gasteiger partial charge in [-0.25, -0.2) is 4.79 Å².